The number of hydrogen-bond donors (Lipinski definition) is 0. The van der Waals surface area contributed by atoms with E-state index in [9.17, 15) is 9.59 Å². The lowest BCUT2D eigenvalue weighted by atomic mass is 9.85. The van der Waals surface area contributed by atoms with Gasteiger partial charge in [-0.1, -0.05) is 65.9 Å². The molecule has 0 spiro atoms. The number of allylic oxidation sites excluding steroid dienone is 1. The number of aryl methyl sites for hydroxylation is 1. The van der Waals surface area contributed by atoms with Crippen molar-refractivity contribution in [2.24, 2.45) is 4.99 Å². The van der Waals surface area contributed by atoms with Gasteiger partial charge < -0.3 is 4.42 Å². The molecule has 5 aromatic rings. The maximum Gasteiger partial charge on any atom is 0.271 e. The molecule has 0 bridgehead atoms. The number of fused-ring (bicyclic) bond motifs is 3. The molecule has 1 atom stereocenters. The summed E-state index contributed by atoms with van der Waals surface area (Å²) in [6.45, 7) is 1.55. The highest BCUT2D eigenvalue weighted by Gasteiger charge is 2.33. The van der Waals surface area contributed by atoms with Gasteiger partial charge in [0.25, 0.3) is 5.56 Å². The summed E-state index contributed by atoms with van der Waals surface area (Å²) in [4.78, 5) is 32.3. The van der Waals surface area contributed by atoms with Gasteiger partial charge in [0, 0.05) is 27.6 Å². The van der Waals surface area contributed by atoms with Crippen LogP contribution in [0.4, 0.5) is 0 Å². The zero-order valence-corrected chi connectivity index (χ0v) is 22.1. The monoisotopic (exact) mass is 534 g/mol. The van der Waals surface area contributed by atoms with E-state index in [1.165, 1.54) is 28.0 Å². The molecular weight excluding hydrogens is 512 g/mol. The molecule has 0 saturated heterocycles. The number of furan rings is 1. The highest BCUT2D eigenvalue weighted by molar-refractivity contribution is 7.10. The molecule has 1 aliphatic carbocycles. The minimum atomic E-state index is -0.149. The standard InChI is InChI=1S/C31H22N2O3S2/c1-18(34)19-8-10-21(11-9-19)25-15-13-22(36-25)17-27-30(35)33-29(26-7-4-16-37-26)24-14-12-20-5-2-3-6-23(20)28(24)32-31(33)38-27/h2-11,13,15-17,29H,12,14H2,1H3/b27-17+/t29-/m0/s1. The van der Waals surface area contributed by atoms with Crippen molar-refractivity contribution in [1.82, 2.24) is 4.57 Å². The number of ketones is 1. The number of rotatable bonds is 4. The minimum Gasteiger partial charge on any atom is -0.457 e. The zero-order valence-electron chi connectivity index (χ0n) is 20.5. The summed E-state index contributed by atoms with van der Waals surface area (Å²) in [5.74, 6) is 1.31. The first-order valence-corrected chi connectivity index (χ1v) is 14.1. The summed E-state index contributed by atoms with van der Waals surface area (Å²) in [5, 5.41) is 2.07. The van der Waals surface area contributed by atoms with Crippen molar-refractivity contribution in [3.8, 4) is 11.3 Å². The third-order valence-electron chi connectivity index (χ3n) is 7.16. The molecule has 7 rings (SSSR count). The van der Waals surface area contributed by atoms with Gasteiger partial charge in [-0.25, -0.2) is 4.99 Å². The van der Waals surface area contributed by atoms with Gasteiger partial charge in [-0.05, 0) is 54.5 Å². The fraction of sp³-hybridized carbons (Fsp3) is 0.129. The molecule has 0 unspecified atom stereocenters. The molecule has 0 amide bonds. The summed E-state index contributed by atoms with van der Waals surface area (Å²) in [7, 11) is 0. The summed E-state index contributed by atoms with van der Waals surface area (Å²) in [5.41, 5.74) is 6.17. The summed E-state index contributed by atoms with van der Waals surface area (Å²) >= 11 is 3.07. The van der Waals surface area contributed by atoms with Gasteiger partial charge in [0.2, 0.25) is 0 Å². The Morgan fingerprint density at radius 3 is 2.66 bits per heavy atom. The van der Waals surface area contributed by atoms with Crippen LogP contribution in [0.1, 0.15) is 51.5 Å². The molecular formula is C31H22N2O3S2. The normalized spacial score (nSPS) is 16.6. The Kier molecular flexibility index (Phi) is 5.49. The van der Waals surface area contributed by atoms with Crippen molar-refractivity contribution in [1.29, 1.82) is 0 Å². The van der Waals surface area contributed by atoms with Crippen LogP contribution in [0.3, 0.4) is 0 Å². The van der Waals surface area contributed by atoms with E-state index in [0.717, 1.165) is 29.0 Å². The number of nitrogens with zero attached hydrogens (tertiary/aromatic N) is 2. The van der Waals surface area contributed by atoms with Crippen molar-refractivity contribution in [3.63, 3.8) is 0 Å². The Morgan fingerprint density at radius 1 is 1.03 bits per heavy atom. The number of benzene rings is 2. The molecule has 0 N–H and O–H groups in total. The molecule has 5 nitrogen and oxygen atoms in total. The number of carbonyl (C=O) groups is 1. The van der Waals surface area contributed by atoms with Crippen LogP contribution in [0.2, 0.25) is 0 Å². The topological polar surface area (TPSA) is 64.6 Å². The van der Waals surface area contributed by atoms with Crippen molar-refractivity contribution in [3.05, 3.63) is 131 Å². The van der Waals surface area contributed by atoms with E-state index in [-0.39, 0.29) is 17.4 Å². The van der Waals surface area contributed by atoms with E-state index < -0.39 is 0 Å². The highest BCUT2D eigenvalue weighted by Crippen LogP contribution is 2.42. The van der Waals surface area contributed by atoms with E-state index in [1.54, 1.807) is 36.5 Å². The number of thiazole rings is 1. The molecule has 0 saturated carbocycles. The zero-order chi connectivity index (χ0) is 25.8. The lowest BCUT2D eigenvalue weighted by molar-refractivity contribution is 0.101. The Balaban J connectivity index is 1.34. The predicted molar refractivity (Wildman–Crippen MR) is 151 cm³/mol. The van der Waals surface area contributed by atoms with Gasteiger partial charge in [-0.15, -0.1) is 11.3 Å². The van der Waals surface area contributed by atoms with Crippen LogP contribution < -0.4 is 14.9 Å². The van der Waals surface area contributed by atoms with Crippen molar-refractivity contribution < 1.29 is 9.21 Å². The van der Waals surface area contributed by atoms with Gasteiger partial charge in [-0.3, -0.25) is 14.2 Å². The Labute approximate surface area is 226 Å². The van der Waals surface area contributed by atoms with Gasteiger partial charge in [0.1, 0.15) is 11.5 Å². The average Bonchev–Trinajstić information content (AvgIpc) is 3.70. The predicted octanol–water partition coefficient (Wildman–Crippen LogP) is 5.84. The van der Waals surface area contributed by atoms with Crippen LogP contribution in [0.5, 0.6) is 0 Å². The first-order chi connectivity index (χ1) is 18.6. The van der Waals surface area contributed by atoms with Crippen molar-refractivity contribution >= 4 is 40.2 Å². The Hall–Kier alpha value is -4.07. The lowest BCUT2D eigenvalue weighted by Gasteiger charge is -2.30. The first kappa shape index (κ1) is 23.1. The van der Waals surface area contributed by atoms with E-state index in [1.807, 2.05) is 34.9 Å². The SMILES string of the molecule is CC(=O)c1ccc(-c2ccc(/C=c3/sc4n(c3=O)[C@H](c3cccs3)C3=C(N=4)c4ccccc4CC3)o2)cc1. The molecule has 186 valence electrons. The van der Waals surface area contributed by atoms with Crippen LogP contribution >= 0.6 is 22.7 Å². The minimum absolute atomic E-state index is 0.0260. The summed E-state index contributed by atoms with van der Waals surface area (Å²) in [6, 6.07) is 23.5. The largest absolute Gasteiger partial charge is 0.457 e. The second-order valence-corrected chi connectivity index (χ2v) is 11.5. The van der Waals surface area contributed by atoms with Crippen LogP contribution in [0, 0.1) is 0 Å². The van der Waals surface area contributed by atoms with E-state index in [0.29, 0.717) is 26.4 Å². The van der Waals surface area contributed by atoms with E-state index >= 15 is 0 Å². The second kappa shape index (κ2) is 9.04. The molecule has 4 heterocycles. The molecule has 1 aliphatic heterocycles. The maximum absolute atomic E-state index is 13.8. The first-order valence-electron chi connectivity index (χ1n) is 12.4. The molecule has 38 heavy (non-hydrogen) atoms. The Bertz CT molecular complexity index is 1920. The molecule has 0 radical (unpaired) electrons. The number of Topliss-reactive ketones (excluding diaryl/α,β-unsaturated/α-hetero) is 1. The molecule has 3 aromatic heterocycles. The lowest BCUT2D eigenvalue weighted by Crippen LogP contribution is -2.38. The average molecular weight is 535 g/mol. The smallest absolute Gasteiger partial charge is 0.271 e. The van der Waals surface area contributed by atoms with Gasteiger partial charge in [0.15, 0.2) is 10.6 Å². The van der Waals surface area contributed by atoms with Crippen LogP contribution in [0.15, 0.2) is 98.0 Å². The highest BCUT2D eigenvalue weighted by atomic mass is 32.1. The third kappa shape index (κ3) is 3.78. The third-order valence-corrected chi connectivity index (χ3v) is 9.07. The van der Waals surface area contributed by atoms with Gasteiger partial charge in [0.05, 0.1) is 16.3 Å². The second-order valence-electron chi connectivity index (χ2n) is 9.46. The molecule has 2 aliphatic rings. The van der Waals surface area contributed by atoms with Gasteiger partial charge in [-0.2, -0.15) is 0 Å². The number of carbonyl (C=O) groups excluding carboxylic acids is 1. The molecule has 2 aromatic carbocycles. The number of thiophene rings is 1. The maximum atomic E-state index is 13.8. The van der Waals surface area contributed by atoms with Crippen LogP contribution in [-0.2, 0) is 6.42 Å². The molecule has 7 heteroatoms. The van der Waals surface area contributed by atoms with E-state index in [4.69, 9.17) is 9.41 Å². The van der Waals surface area contributed by atoms with Crippen molar-refractivity contribution in [2.75, 3.05) is 0 Å². The number of hydrogen-bond acceptors (Lipinski definition) is 6. The fourth-order valence-electron chi connectivity index (χ4n) is 5.30. The van der Waals surface area contributed by atoms with Crippen LogP contribution in [-0.4, -0.2) is 10.4 Å². The quantitative estimate of drug-likeness (QED) is 0.272. The summed E-state index contributed by atoms with van der Waals surface area (Å²) < 4.78 is 8.53. The summed E-state index contributed by atoms with van der Waals surface area (Å²) in [6.07, 6.45) is 3.63. The van der Waals surface area contributed by atoms with Gasteiger partial charge >= 0.3 is 0 Å². The van der Waals surface area contributed by atoms with E-state index in [2.05, 4.69) is 35.7 Å². The fourth-order valence-corrected chi connectivity index (χ4v) is 7.13. The van der Waals surface area contributed by atoms with Crippen molar-refractivity contribution in [2.45, 2.75) is 25.8 Å². The van der Waals surface area contributed by atoms with Crippen LogP contribution in [0.25, 0.3) is 23.1 Å². The Morgan fingerprint density at radius 2 is 1.87 bits per heavy atom. The number of aromatic nitrogens is 1. The molecule has 0 fully saturated rings.